The van der Waals surface area contributed by atoms with E-state index in [9.17, 15) is 17.6 Å². The molecule has 0 aromatic heterocycles. The van der Waals surface area contributed by atoms with E-state index >= 15 is 0 Å². The predicted octanol–water partition coefficient (Wildman–Crippen LogP) is 3.85. The molecule has 1 fully saturated rings. The fourth-order valence-corrected chi connectivity index (χ4v) is 5.31. The molecule has 0 bridgehead atoms. The highest BCUT2D eigenvalue weighted by Crippen LogP contribution is 2.22. The molecule has 2 aromatic carbocycles. The minimum absolute atomic E-state index is 0.284. The van der Waals surface area contributed by atoms with Gasteiger partial charge < -0.3 is 10.2 Å². The van der Waals surface area contributed by atoms with Crippen molar-refractivity contribution in [2.24, 2.45) is 0 Å². The van der Waals surface area contributed by atoms with Gasteiger partial charge in [-0.25, -0.2) is 12.8 Å². The Morgan fingerprint density at radius 1 is 1.10 bits per heavy atom. The van der Waals surface area contributed by atoms with Crippen molar-refractivity contribution in [3.63, 3.8) is 0 Å². The largest absolute Gasteiger partial charge is 0.372 e. The van der Waals surface area contributed by atoms with Crippen molar-refractivity contribution in [2.45, 2.75) is 36.6 Å². The molecule has 1 saturated heterocycles. The van der Waals surface area contributed by atoms with E-state index in [1.165, 1.54) is 49.2 Å². The Hall–Kier alpha value is -2.10. The molecule has 9 heteroatoms. The number of thioether (sulfide) groups is 1. The lowest BCUT2D eigenvalue weighted by Gasteiger charge is -2.29. The van der Waals surface area contributed by atoms with Crippen LogP contribution < -0.4 is 14.9 Å². The molecule has 0 unspecified atom stereocenters. The van der Waals surface area contributed by atoms with Gasteiger partial charge in [0.05, 0.1) is 0 Å². The minimum Gasteiger partial charge on any atom is -0.372 e. The minimum atomic E-state index is -4.18. The van der Waals surface area contributed by atoms with Gasteiger partial charge in [0.1, 0.15) is 16.8 Å². The second-order valence-corrected chi connectivity index (χ2v) is 10.1. The van der Waals surface area contributed by atoms with Crippen LogP contribution in [0.2, 0.25) is 0 Å². The topological polar surface area (TPSA) is 78.5 Å². The first-order valence-corrected chi connectivity index (χ1v) is 13.2. The third kappa shape index (κ3) is 6.44. The lowest BCUT2D eigenvalue weighted by Crippen LogP contribution is -2.44. The average Bonchev–Trinajstić information content (AvgIpc) is 2.78. The monoisotopic (exact) mass is 465 g/mol. The van der Waals surface area contributed by atoms with Gasteiger partial charge in [-0.3, -0.25) is 4.79 Å². The van der Waals surface area contributed by atoms with Crippen LogP contribution in [-0.2, 0) is 14.8 Å². The summed E-state index contributed by atoms with van der Waals surface area (Å²) in [5.41, 5.74) is 1.70. The smallest absolute Gasteiger partial charge is 0.244 e. The molecular weight excluding hydrogens is 437 g/mol. The molecule has 0 spiro atoms. The van der Waals surface area contributed by atoms with Crippen molar-refractivity contribution < 1.29 is 17.6 Å². The van der Waals surface area contributed by atoms with Gasteiger partial charge in [-0.15, -0.1) is 0 Å². The molecule has 1 atom stereocenters. The Morgan fingerprint density at radius 3 is 2.42 bits per heavy atom. The van der Waals surface area contributed by atoms with Gasteiger partial charge in [0.15, 0.2) is 0 Å². The van der Waals surface area contributed by atoms with Crippen molar-refractivity contribution in [1.29, 1.82) is 0 Å². The number of benzene rings is 2. The second-order valence-electron chi connectivity index (χ2n) is 7.47. The maximum atomic E-state index is 14.0. The van der Waals surface area contributed by atoms with Gasteiger partial charge in [0.2, 0.25) is 15.9 Å². The van der Waals surface area contributed by atoms with E-state index in [1.807, 2.05) is 30.5 Å². The lowest BCUT2D eigenvalue weighted by atomic mass is 10.1. The van der Waals surface area contributed by atoms with Gasteiger partial charge in [0.25, 0.3) is 0 Å². The van der Waals surface area contributed by atoms with Crippen molar-refractivity contribution in [3.05, 3.63) is 54.3 Å². The number of amides is 1. The van der Waals surface area contributed by atoms with E-state index < -0.39 is 32.7 Å². The molecule has 31 heavy (non-hydrogen) atoms. The molecule has 2 aromatic rings. The normalized spacial score (nSPS) is 15.5. The molecule has 2 N–H and O–H groups in total. The number of carbonyl (C=O) groups excluding carboxylic acids is 1. The van der Waals surface area contributed by atoms with Crippen LogP contribution in [0.3, 0.4) is 0 Å². The number of piperidine rings is 1. The van der Waals surface area contributed by atoms with Crippen LogP contribution in [0, 0.1) is 5.82 Å². The summed E-state index contributed by atoms with van der Waals surface area (Å²) in [5, 5.41) is 2.78. The van der Waals surface area contributed by atoms with E-state index in [-0.39, 0.29) is 6.42 Å². The van der Waals surface area contributed by atoms with Crippen molar-refractivity contribution in [1.82, 2.24) is 4.72 Å². The summed E-state index contributed by atoms with van der Waals surface area (Å²) < 4.78 is 41.7. The summed E-state index contributed by atoms with van der Waals surface area (Å²) in [6.45, 7) is 2.06. The molecule has 6 nitrogen and oxygen atoms in total. The number of hydrogen-bond acceptors (Lipinski definition) is 5. The van der Waals surface area contributed by atoms with Crippen LogP contribution in [0.5, 0.6) is 0 Å². The first-order valence-electron chi connectivity index (χ1n) is 10.3. The Balaban J connectivity index is 1.70. The second kappa shape index (κ2) is 11.0. The highest BCUT2D eigenvalue weighted by atomic mass is 32.2. The molecule has 3 rings (SSSR count). The number of halogens is 1. The van der Waals surface area contributed by atoms with Gasteiger partial charge >= 0.3 is 0 Å². The fraction of sp³-hybridized carbons (Fsp3) is 0.409. The predicted molar refractivity (Wildman–Crippen MR) is 125 cm³/mol. The molecule has 1 aliphatic rings. The first kappa shape index (κ1) is 23.6. The summed E-state index contributed by atoms with van der Waals surface area (Å²) >= 11 is 1.50. The number of carbonyl (C=O) groups is 1. The number of anilines is 2. The molecule has 1 heterocycles. The number of hydrogen-bond donors (Lipinski definition) is 2. The summed E-state index contributed by atoms with van der Waals surface area (Å²) in [6.07, 6.45) is 5.77. The Kier molecular flexibility index (Phi) is 8.34. The SMILES string of the molecule is CSCC[C@H](NS(=O)(=O)c1ccccc1F)C(=O)Nc1ccc(N2CCCCC2)cc1. The summed E-state index contributed by atoms with van der Waals surface area (Å²) in [4.78, 5) is 14.7. The molecule has 0 radical (unpaired) electrons. The summed E-state index contributed by atoms with van der Waals surface area (Å²) in [6, 6.07) is 11.7. The Morgan fingerprint density at radius 2 is 1.77 bits per heavy atom. The zero-order chi connectivity index (χ0) is 22.3. The highest BCUT2D eigenvalue weighted by molar-refractivity contribution is 7.98. The molecule has 1 amide bonds. The fourth-order valence-electron chi connectivity index (χ4n) is 3.53. The van der Waals surface area contributed by atoms with Crippen LogP contribution in [0.4, 0.5) is 15.8 Å². The van der Waals surface area contributed by atoms with Gasteiger partial charge in [0, 0.05) is 24.5 Å². The Bertz CT molecular complexity index is 978. The number of nitrogens with zero attached hydrogens (tertiary/aromatic N) is 1. The third-order valence-electron chi connectivity index (χ3n) is 5.21. The average molecular weight is 466 g/mol. The summed E-state index contributed by atoms with van der Waals surface area (Å²) in [5.74, 6) is -0.752. The third-order valence-corrected chi connectivity index (χ3v) is 7.36. The molecule has 0 aliphatic carbocycles. The van der Waals surface area contributed by atoms with Crippen LogP contribution in [0.1, 0.15) is 25.7 Å². The molecule has 0 saturated carbocycles. The molecular formula is C22H28FN3O3S2. The zero-order valence-electron chi connectivity index (χ0n) is 17.5. The lowest BCUT2D eigenvalue weighted by molar-refractivity contribution is -0.117. The van der Waals surface area contributed by atoms with Crippen molar-refractivity contribution >= 4 is 39.1 Å². The van der Waals surface area contributed by atoms with Crippen LogP contribution in [-0.4, -0.2) is 45.5 Å². The van der Waals surface area contributed by atoms with Crippen molar-refractivity contribution in [3.8, 4) is 0 Å². The number of sulfonamides is 1. The van der Waals surface area contributed by atoms with E-state index in [1.54, 1.807) is 0 Å². The van der Waals surface area contributed by atoms with Crippen LogP contribution >= 0.6 is 11.8 Å². The van der Waals surface area contributed by atoms with Gasteiger partial charge in [-0.1, -0.05) is 12.1 Å². The van der Waals surface area contributed by atoms with E-state index in [4.69, 9.17) is 0 Å². The molecule has 1 aliphatic heterocycles. The highest BCUT2D eigenvalue weighted by Gasteiger charge is 2.27. The standard InChI is InChI=1S/C22H28FN3O3S2/c1-30-16-13-20(25-31(28,29)21-8-4-3-7-19(21)23)22(27)24-17-9-11-18(12-10-17)26-14-5-2-6-15-26/h3-4,7-12,20,25H,2,5-6,13-16H2,1H3,(H,24,27)/t20-/m0/s1. The maximum absolute atomic E-state index is 14.0. The van der Waals surface area contributed by atoms with E-state index in [2.05, 4.69) is 14.9 Å². The maximum Gasteiger partial charge on any atom is 0.244 e. The number of rotatable bonds is 9. The first-order chi connectivity index (χ1) is 14.9. The van der Waals surface area contributed by atoms with Gasteiger partial charge in [-0.2, -0.15) is 16.5 Å². The molecule has 168 valence electrons. The van der Waals surface area contributed by atoms with Crippen LogP contribution in [0.15, 0.2) is 53.4 Å². The zero-order valence-corrected chi connectivity index (χ0v) is 19.1. The van der Waals surface area contributed by atoms with E-state index in [0.29, 0.717) is 11.4 Å². The number of nitrogens with one attached hydrogen (secondary N) is 2. The summed E-state index contributed by atoms with van der Waals surface area (Å²) in [7, 11) is -4.18. The van der Waals surface area contributed by atoms with Crippen molar-refractivity contribution in [2.75, 3.05) is 35.3 Å². The quantitative estimate of drug-likeness (QED) is 0.588. The van der Waals surface area contributed by atoms with Gasteiger partial charge in [-0.05, 0) is 74.1 Å². The van der Waals surface area contributed by atoms with E-state index in [0.717, 1.165) is 24.8 Å². The van der Waals surface area contributed by atoms with Crippen LogP contribution in [0.25, 0.3) is 0 Å². The Labute approximate surface area is 187 Å².